The van der Waals surface area contributed by atoms with Crippen LogP contribution in [0.25, 0.3) is 0 Å². The van der Waals surface area contributed by atoms with E-state index in [0.717, 1.165) is 24.3 Å². The monoisotopic (exact) mass is 350 g/mol. The Labute approximate surface area is 127 Å². The van der Waals surface area contributed by atoms with Crippen molar-refractivity contribution in [1.82, 2.24) is 10.3 Å². The van der Waals surface area contributed by atoms with Crippen LogP contribution in [0.3, 0.4) is 0 Å². The molecule has 0 unspecified atom stereocenters. The molecule has 1 amide bonds. The third kappa shape index (κ3) is 4.49. The van der Waals surface area contributed by atoms with Gasteiger partial charge in [0.25, 0.3) is 10.0 Å². The van der Waals surface area contributed by atoms with Gasteiger partial charge in [-0.05, 0) is 36.6 Å². The first-order chi connectivity index (χ1) is 10.2. The number of amides is 1. The van der Waals surface area contributed by atoms with E-state index in [1.807, 2.05) is 10.3 Å². The van der Waals surface area contributed by atoms with Crippen molar-refractivity contribution < 1.29 is 26.0 Å². The number of benzene rings is 1. The van der Waals surface area contributed by atoms with Gasteiger partial charge in [-0.15, -0.1) is 4.83 Å². The summed E-state index contributed by atoms with van der Waals surface area (Å²) < 4.78 is 59.0. The summed E-state index contributed by atoms with van der Waals surface area (Å²) in [6.07, 6.45) is 0.311. The van der Waals surface area contributed by atoms with Crippen LogP contribution in [0.2, 0.25) is 0 Å². The molecule has 1 aliphatic rings. The summed E-state index contributed by atoms with van der Waals surface area (Å²) in [6, 6.07) is 4.10. The lowest BCUT2D eigenvalue weighted by molar-refractivity contribution is -0.122. The Morgan fingerprint density at radius 2 is 1.91 bits per heavy atom. The normalized spacial score (nSPS) is 20.7. The van der Waals surface area contributed by atoms with Crippen LogP contribution < -0.4 is 10.3 Å². The molecule has 2 rings (SSSR count). The van der Waals surface area contributed by atoms with Crippen molar-refractivity contribution in [2.24, 2.45) is 5.92 Å². The number of hydrogen-bond acceptors (Lipinski definition) is 5. The molecule has 7 nitrogen and oxygen atoms in total. The van der Waals surface area contributed by atoms with Crippen LogP contribution in [0.5, 0.6) is 0 Å². The molecule has 22 heavy (non-hydrogen) atoms. The van der Waals surface area contributed by atoms with Gasteiger partial charge in [0.15, 0.2) is 9.84 Å². The minimum absolute atomic E-state index is 0.0479. The van der Waals surface area contributed by atoms with Crippen LogP contribution in [0.1, 0.15) is 12.8 Å². The minimum Gasteiger partial charge on any atom is -0.278 e. The van der Waals surface area contributed by atoms with E-state index in [9.17, 15) is 26.0 Å². The molecule has 10 heteroatoms. The lowest BCUT2D eigenvalue weighted by Crippen LogP contribution is -2.42. The molecule has 2 N–H and O–H groups in total. The van der Waals surface area contributed by atoms with E-state index >= 15 is 0 Å². The maximum Gasteiger partial charge on any atom is 0.257 e. The average molecular weight is 350 g/mol. The van der Waals surface area contributed by atoms with E-state index in [0.29, 0.717) is 6.42 Å². The van der Waals surface area contributed by atoms with E-state index in [2.05, 4.69) is 0 Å². The number of carbonyl (C=O) groups excluding carboxylic acids is 1. The molecule has 1 aromatic rings. The Morgan fingerprint density at radius 3 is 2.45 bits per heavy atom. The first-order valence-corrected chi connectivity index (χ1v) is 9.75. The molecule has 0 aromatic heterocycles. The predicted molar refractivity (Wildman–Crippen MR) is 76.2 cm³/mol. The molecule has 0 saturated carbocycles. The Morgan fingerprint density at radius 1 is 1.27 bits per heavy atom. The Hall–Kier alpha value is -1.52. The van der Waals surface area contributed by atoms with Gasteiger partial charge in [0.05, 0.1) is 16.4 Å². The smallest absolute Gasteiger partial charge is 0.257 e. The van der Waals surface area contributed by atoms with Gasteiger partial charge >= 0.3 is 0 Å². The molecule has 0 radical (unpaired) electrons. The summed E-state index contributed by atoms with van der Waals surface area (Å²) in [7, 11) is -7.08. The number of carbonyl (C=O) groups is 1. The van der Waals surface area contributed by atoms with E-state index in [4.69, 9.17) is 0 Å². The van der Waals surface area contributed by atoms with Crippen molar-refractivity contribution in [3.05, 3.63) is 30.1 Å². The van der Waals surface area contributed by atoms with Gasteiger partial charge in [-0.2, -0.15) is 0 Å². The zero-order valence-corrected chi connectivity index (χ0v) is 13.1. The lowest BCUT2D eigenvalue weighted by atomic mass is 10.1. The number of rotatable bonds is 5. The number of halogens is 1. The van der Waals surface area contributed by atoms with Crippen LogP contribution in [0.15, 0.2) is 29.2 Å². The van der Waals surface area contributed by atoms with Crippen molar-refractivity contribution >= 4 is 25.8 Å². The second-order valence-corrected chi connectivity index (χ2v) is 8.99. The number of nitrogens with one attached hydrogen (secondary N) is 2. The molecule has 1 aromatic carbocycles. The quantitative estimate of drug-likeness (QED) is 0.724. The number of sulfonamides is 1. The zero-order valence-electron chi connectivity index (χ0n) is 11.5. The zero-order chi connectivity index (χ0) is 16.4. The summed E-state index contributed by atoms with van der Waals surface area (Å²) >= 11 is 0. The molecule has 1 atom stereocenters. The third-order valence-corrected chi connectivity index (χ3v) is 6.35. The van der Waals surface area contributed by atoms with Gasteiger partial charge in [-0.25, -0.2) is 21.2 Å². The van der Waals surface area contributed by atoms with E-state index < -0.39 is 31.6 Å². The van der Waals surface area contributed by atoms with Gasteiger partial charge in [0.2, 0.25) is 5.91 Å². The van der Waals surface area contributed by atoms with Crippen molar-refractivity contribution in [1.29, 1.82) is 0 Å². The topological polar surface area (TPSA) is 109 Å². The highest BCUT2D eigenvalue weighted by Crippen LogP contribution is 2.21. The van der Waals surface area contributed by atoms with Gasteiger partial charge in [-0.3, -0.25) is 10.2 Å². The molecule has 122 valence electrons. The SMILES string of the molecule is O=C(C[C@H]1CCS(=O)(=O)C1)NNS(=O)(=O)c1ccc(F)cc1. The fourth-order valence-electron chi connectivity index (χ4n) is 2.14. The van der Waals surface area contributed by atoms with Crippen LogP contribution in [0, 0.1) is 11.7 Å². The summed E-state index contributed by atoms with van der Waals surface area (Å²) in [4.78, 5) is 13.3. The van der Waals surface area contributed by atoms with Crippen LogP contribution in [-0.2, 0) is 24.7 Å². The van der Waals surface area contributed by atoms with Crippen molar-refractivity contribution in [2.75, 3.05) is 11.5 Å². The van der Waals surface area contributed by atoms with Crippen molar-refractivity contribution in [3.63, 3.8) is 0 Å². The third-order valence-electron chi connectivity index (χ3n) is 3.25. The van der Waals surface area contributed by atoms with E-state index in [1.165, 1.54) is 0 Å². The predicted octanol–water partition coefficient (Wildman–Crippen LogP) is -0.0400. The molecule has 1 saturated heterocycles. The largest absolute Gasteiger partial charge is 0.278 e. The fraction of sp³-hybridized carbons (Fsp3) is 0.417. The summed E-state index contributed by atoms with van der Waals surface area (Å²) in [6.45, 7) is 0. The van der Waals surface area contributed by atoms with Crippen LogP contribution >= 0.6 is 0 Å². The molecule has 0 bridgehead atoms. The average Bonchev–Trinajstić information content (AvgIpc) is 2.76. The maximum atomic E-state index is 12.7. The second-order valence-electron chi connectivity index (χ2n) is 5.08. The first-order valence-electron chi connectivity index (χ1n) is 6.45. The van der Waals surface area contributed by atoms with Crippen molar-refractivity contribution in [3.8, 4) is 0 Å². The van der Waals surface area contributed by atoms with Gasteiger partial charge < -0.3 is 0 Å². The molecule has 1 heterocycles. The van der Waals surface area contributed by atoms with Crippen LogP contribution in [-0.4, -0.2) is 34.2 Å². The Kier molecular flexibility index (Phi) is 4.83. The molecule has 1 aliphatic heterocycles. The Balaban J connectivity index is 1.89. The fourth-order valence-corrected chi connectivity index (χ4v) is 4.87. The molecule has 0 aliphatic carbocycles. The van der Waals surface area contributed by atoms with Crippen LogP contribution in [0.4, 0.5) is 4.39 Å². The minimum atomic E-state index is -4.00. The molecular weight excluding hydrogens is 335 g/mol. The molecule has 0 spiro atoms. The van der Waals surface area contributed by atoms with Gasteiger partial charge in [0, 0.05) is 6.42 Å². The molecular formula is C12H15FN2O5S2. The molecule has 1 fully saturated rings. The highest BCUT2D eigenvalue weighted by molar-refractivity contribution is 7.91. The lowest BCUT2D eigenvalue weighted by Gasteiger charge is -2.10. The number of sulfone groups is 1. The first kappa shape index (κ1) is 16.8. The van der Waals surface area contributed by atoms with E-state index in [1.54, 1.807) is 0 Å². The van der Waals surface area contributed by atoms with E-state index in [-0.39, 0.29) is 28.7 Å². The Bertz CT molecular complexity index is 759. The maximum absolute atomic E-state index is 12.7. The number of hydrogen-bond donors (Lipinski definition) is 2. The highest BCUT2D eigenvalue weighted by Gasteiger charge is 2.29. The summed E-state index contributed by atoms with van der Waals surface area (Å²) in [5.74, 6) is -1.52. The standard InChI is InChI=1S/C12H15FN2O5S2/c13-10-1-3-11(4-2-10)22(19,20)15-14-12(16)7-9-5-6-21(17,18)8-9/h1-4,9,15H,5-8H2,(H,14,16)/t9-/m1/s1. The highest BCUT2D eigenvalue weighted by atomic mass is 32.2. The summed E-state index contributed by atoms with van der Waals surface area (Å²) in [5, 5.41) is 0. The number of hydrazine groups is 1. The summed E-state index contributed by atoms with van der Waals surface area (Å²) in [5.41, 5.74) is 2.02. The second kappa shape index (κ2) is 6.31. The van der Waals surface area contributed by atoms with Crippen molar-refractivity contribution in [2.45, 2.75) is 17.7 Å². The van der Waals surface area contributed by atoms with Gasteiger partial charge in [0.1, 0.15) is 5.82 Å². The van der Waals surface area contributed by atoms with Gasteiger partial charge in [-0.1, -0.05) is 0 Å².